The number of hydrogen-bond acceptors (Lipinski definition) is 6. The molecule has 1 aliphatic rings. The van der Waals surface area contributed by atoms with E-state index in [1.54, 1.807) is 24.3 Å². The molecule has 1 saturated heterocycles. The van der Waals surface area contributed by atoms with Crippen LogP contribution in [-0.2, 0) is 19.9 Å². The maximum Gasteiger partial charge on any atom is 0.325 e. The second-order valence-electron chi connectivity index (χ2n) is 6.19. The molecule has 27 heavy (non-hydrogen) atoms. The number of imide groups is 1. The number of rotatable bonds is 7. The van der Waals surface area contributed by atoms with Gasteiger partial charge in [-0.3, -0.25) is 24.7 Å². The molecule has 0 spiro atoms. The Hall–Kier alpha value is -3.47. The summed E-state index contributed by atoms with van der Waals surface area (Å²) < 4.78 is 0. The first-order chi connectivity index (χ1) is 12.6. The minimum absolute atomic E-state index is 0.133. The first-order valence-electron chi connectivity index (χ1n) is 7.90. The number of carbonyl (C=O) groups is 4. The summed E-state index contributed by atoms with van der Waals surface area (Å²) in [6.07, 6.45) is 0. The van der Waals surface area contributed by atoms with E-state index in [4.69, 9.17) is 22.0 Å². The van der Waals surface area contributed by atoms with Gasteiger partial charge in [-0.15, -0.1) is 0 Å². The number of carbonyl (C=O) groups excluding carboxylic acids is 3. The van der Waals surface area contributed by atoms with Crippen molar-refractivity contribution in [1.82, 2.24) is 15.5 Å². The maximum atomic E-state index is 12.7. The van der Waals surface area contributed by atoms with Gasteiger partial charge >= 0.3 is 12.0 Å². The maximum absolute atomic E-state index is 12.7. The molecule has 0 aromatic heterocycles. The summed E-state index contributed by atoms with van der Waals surface area (Å²) in [5.41, 5.74) is 10.2. The molecule has 144 valence electrons. The molecular formula is C16H20N6O5. The van der Waals surface area contributed by atoms with Crippen molar-refractivity contribution in [2.75, 3.05) is 13.1 Å². The molecule has 4 amide bonds. The summed E-state index contributed by atoms with van der Waals surface area (Å²) in [7, 11) is 0. The summed E-state index contributed by atoms with van der Waals surface area (Å²) in [6, 6.07) is 4.17. The summed E-state index contributed by atoms with van der Waals surface area (Å²) >= 11 is 0. The summed E-state index contributed by atoms with van der Waals surface area (Å²) in [6.45, 7) is 0.591. The largest absolute Gasteiger partial charge is 0.480 e. The monoisotopic (exact) mass is 376 g/mol. The van der Waals surface area contributed by atoms with Crippen LogP contribution in [0.2, 0.25) is 0 Å². The fraction of sp³-hybridized carbons (Fsp3) is 0.312. The van der Waals surface area contributed by atoms with Crippen LogP contribution in [0.15, 0.2) is 24.3 Å². The molecule has 2 unspecified atom stereocenters. The number of hydrogen-bond donors (Lipinski definition) is 6. The third-order valence-electron chi connectivity index (χ3n) is 4.19. The number of carboxylic acids is 1. The number of nitrogens with one attached hydrogen (secondary N) is 3. The predicted molar refractivity (Wildman–Crippen MR) is 93.7 cm³/mol. The van der Waals surface area contributed by atoms with E-state index in [9.17, 15) is 19.2 Å². The molecule has 0 saturated carbocycles. The van der Waals surface area contributed by atoms with Gasteiger partial charge in [-0.05, 0) is 12.5 Å². The van der Waals surface area contributed by atoms with E-state index in [1.165, 1.54) is 6.92 Å². The Morgan fingerprint density at radius 3 is 2.44 bits per heavy atom. The van der Waals surface area contributed by atoms with Gasteiger partial charge in [0.25, 0.3) is 5.91 Å². The van der Waals surface area contributed by atoms with Gasteiger partial charge in [0.2, 0.25) is 5.91 Å². The second kappa shape index (κ2) is 7.41. The molecule has 1 heterocycles. The number of amides is 4. The highest BCUT2D eigenvalue weighted by atomic mass is 16.4. The van der Waals surface area contributed by atoms with Gasteiger partial charge in [0, 0.05) is 12.1 Å². The molecule has 8 N–H and O–H groups in total. The standard InChI is InChI=1S/C16H20N6O5/c1-16(9-4-2-8(3-5-9)12(18)19)14(26)22(15(27)21-16)7-11(23)20-6-10(17)13(24)25/h2-5,10H,6-7,17H2,1H3,(H3,18,19)(H,20,23)(H,21,27)(H,24,25). The molecule has 11 heteroatoms. The van der Waals surface area contributed by atoms with Crippen molar-refractivity contribution in [3.63, 3.8) is 0 Å². The van der Waals surface area contributed by atoms with Crippen molar-refractivity contribution in [1.29, 1.82) is 5.41 Å². The van der Waals surface area contributed by atoms with Crippen LogP contribution in [0.3, 0.4) is 0 Å². The van der Waals surface area contributed by atoms with Crippen molar-refractivity contribution in [3.05, 3.63) is 35.4 Å². The van der Waals surface area contributed by atoms with E-state index >= 15 is 0 Å². The first kappa shape index (κ1) is 19.8. The fourth-order valence-electron chi connectivity index (χ4n) is 2.53. The van der Waals surface area contributed by atoms with Gasteiger partial charge in [0.1, 0.15) is 24.0 Å². The molecule has 1 fully saturated rings. The zero-order valence-corrected chi connectivity index (χ0v) is 14.5. The smallest absolute Gasteiger partial charge is 0.325 e. The number of carboxylic acid groups (broad SMARTS) is 1. The number of amidine groups is 1. The van der Waals surface area contributed by atoms with Crippen molar-refractivity contribution in [2.45, 2.75) is 18.5 Å². The summed E-state index contributed by atoms with van der Waals surface area (Å²) in [4.78, 5) is 48.2. The van der Waals surface area contributed by atoms with Crippen molar-refractivity contribution in [3.8, 4) is 0 Å². The minimum Gasteiger partial charge on any atom is -0.480 e. The highest BCUT2D eigenvalue weighted by Crippen LogP contribution is 2.28. The third kappa shape index (κ3) is 4.03. The molecule has 11 nitrogen and oxygen atoms in total. The van der Waals surface area contributed by atoms with Gasteiger partial charge < -0.3 is 27.2 Å². The fourth-order valence-corrected chi connectivity index (χ4v) is 2.53. The van der Waals surface area contributed by atoms with E-state index < -0.39 is 41.9 Å². The van der Waals surface area contributed by atoms with Crippen LogP contribution >= 0.6 is 0 Å². The van der Waals surface area contributed by atoms with Gasteiger partial charge in [-0.2, -0.15) is 0 Å². The van der Waals surface area contributed by atoms with Crippen molar-refractivity contribution in [2.24, 2.45) is 11.5 Å². The Bertz CT molecular complexity index is 808. The Labute approximate surface area is 154 Å². The van der Waals surface area contributed by atoms with E-state index in [1.807, 2.05) is 0 Å². The molecule has 1 aliphatic heterocycles. The predicted octanol–water partition coefficient (Wildman–Crippen LogP) is -1.73. The zero-order valence-electron chi connectivity index (χ0n) is 14.5. The van der Waals surface area contributed by atoms with Crippen LogP contribution in [-0.4, -0.2) is 58.8 Å². The van der Waals surface area contributed by atoms with Crippen LogP contribution in [0.1, 0.15) is 18.1 Å². The quantitative estimate of drug-likeness (QED) is 0.185. The van der Waals surface area contributed by atoms with E-state index in [0.29, 0.717) is 11.1 Å². The first-order valence-corrected chi connectivity index (χ1v) is 7.90. The Morgan fingerprint density at radius 2 is 1.93 bits per heavy atom. The Kier molecular flexibility index (Phi) is 5.45. The lowest BCUT2D eigenvalue weighted by Gasteiger charge is -2.22. The number of nitrogens with zero attached hydrogens (tertiary/aromatic N) is 1. The summed E-state index contributed by atoms with van der Waals surface area (Å²) in [5.74, 6) is -2.77. The van der Waals surface area contributed by atoms with Gasteiger partial charge in [0.05, 0.1) is 0 Å². The Morgan fingerprint density at radius 1 is 1.33 bits per heavy atom. The van der Waals surface area contributed by atoms with Crippen LogP contribution in [0, 0.1) is 5.41 Å². The van der Waals surface area contributed by atoms with Crippen LogP contribution in [0.5, 0.6) is 0 Å². The van der Waals surface area contributed by atoms with Crippen molar-refractivity contribution < 1.29 is 24.3 Å². The SMILES string of the molecule is CC1(c2ccc(C(=N)N)cc2)NC(=O)N(CC(=O)NCC(N)C(=O)O)C1=O. The zero-order chi connectivity index (χ0) is 20.4. The van der Waals surface area contributed by atoms with Crippen LogP contribution in [0.4, 0.5) is 4.79 Å². The molecule has 0 radical (unpaired) electrons. The number of nitrogen functional groups attached to an aromatic ring is 1. The molecule has 1 aromatic carbocycles. The lowest BCUT2D eigenvalue weighted by atomic mass is 9.91. The lowest BCUT2D eigenvalue weighted by Crippen LogP contribution is -2.47. The van der Waals surface area contributed by atoms with E-state index in [2.05, 4.69) is 10.6 Å². The van der Waals surface area contributed by atoms with E-state index in [-0.39, 0.29) is 12.4 Å². The normalized spacial score (nSPS) is 20.1. The highest BCUT2D eigenvalue weighted by molar-refractivity contribution is 6.09. The molecule has 0 bridgehead atoms. The van der Waals surface area contributed by atoms with Gasteiger partial charge in [0.15, 0.2) is 0 Å². The number of urea groups is 1. The topological polar surface area (TPSA) is 192 Å². The average Bonchev–Trinajstić information content (AvgIpc) is 2.83. The average molecular weight is 376 g/mol. The minimum atomic E-state index is -1.38. The lowest BCUT2D eigenvalue weighted by molar-refractivity contribution is -0.139. The highest BCUT2D eigenvalue weighted by Gasteiger charge is 2.49. The molecule has 0 aliphatic carbocycles. The Balaban J connectivity index is 2.10. The van der Waals surface area contributed by atoms with Crippen LogP contribution in [0.25, 0.3) is 0 Å². The van der Waals surface area contributed by atoms with Gasteiger partial charge in [-0.25, -0.2) is 4.79 Å². The third-order valence-corrected chi connectivity index (χ3v) is 4.19. The second-order valence-corrected chi connectivity index (χ2v) is 6.19. The van der Waals surface area contributed by atoms with E-state index in [0.717, 1.165) is 4.90 Å². The number of benzene rings is 1. The van der Waals surface area contributed by atoms with Gasteiger partial charge in [-0.1, -0.05) is 24.3 Å². The molecule has 1 aromatic rings. The molecule has 2 atom stereocenters. The van der Waals surface area contributed by atoms with Crippen molar-refractivity contribution >= 4 is 29.7 Å². The molecular weight excluding hydrogens is 356 g/mol. The number of nitrogens with two attached hydrogens (primary N) is 2. The molecule has 2 rings (SSSR count). The summed E-state index contributed by atoms with van der Waals surface area (Å²) in [5, 5.41) is 20.9. The number of aliphatic carboxylic acids is 1. The van der Waals surface area contributed by atoms with Crippen LogP contribution < -0.4 is 22.1 Å².